The first kappa shape index (κ1) is 12.4. The second-order valence-corrected chi connectivity index (χ2v) is 5.33. The highest BCUT2D eigenvalue weighted by Crippen LogP contribution is 2.19. The number of nitrogens with two attached hydrogens (primary N) is 1. The molecule has 15 heavy (non-hydrogen) atoms. The fourth-order valence-electron chi connectivity index (χ4n) is 1.12. The van der Waals surface area contributed by atoms with Crippen LogP contribution in [0, 0.1) is 5.41 Å². The normalized spacial score (nSPS) is 11.5. The van der Waals surface area contributed by atoms with Crippen molar-refractivity contribution in [2.75, 3.05) is 24.7 Å². The summed E-state index contributed by atoms with van der Waals surface area (Å²) in [5.41, 5.74) is 6.99. The monoisotopic (exact) mass is 224 g/mol. The molecule has 0 aromatic heterocycles. The predicted molar refractivity (Wildman–Crippen MR) is 69.5 cm³/mol. The summed E-state index contributed by atoms with van der Waals surface area (Å²) in [4.78, 5) is 1.29. The minimum Gasteiger partial charge on any atom is -0.384 e. The summed E-state index contributed by atoms with van der Waals surface area (Å²) in [5.74, 6) is 0. The summed E-state index contributed by atoms with van der Waals surface area (Å²) in [7, 11) is 0. The molecule has 3 N–H and O–H groups in total. The molecule has 84 valence electrons. The van der Waals surface area contributed by atoms with Crippen LogP contribution in [-0.2, 0) is 0 Å². The standard InChI is InChI=1S/C12H20N2S/c1-12(2,8-13)9-14-10-4-6-11(15-3)7-5-10/h4-7,14H,8-9,13H2,1-3H3. The molecule has 1 aromatic carbocycles. The molecule has 0 heterocycles. The average molecular weight is 224 g/mol. The zero-order valence-corrected chi connectivity index (χ0v) is 10.5. The molecule has 0 unspecified atom stereocenters. The molecule has 1 aromatic rings. The van der Waals surface area contributed by atoms with Crippen LogP contribution >= 0.6 is 11.8 Å². The predicted octanol–water partition coefficient (Wildman–Crippen LogP) is 2.81. The van der Waals surface area contributed by atoms with E-state index in [9.17, 15) is 0 Å². The second-order valence-electron chi connectivity index (χ2n) is 4.45. The Morgan fingerprint density at radius 1 is 1.27 bits per heavy atom. The Kier molecular flexibility index (Phi) is 4.48. The molecule has 0 fully saturated rings. The first-order valence-corrected chi connectivity index (χ1v) is 6.38. The van der Waals surface area contributed by atoms with Crippen LogP contribution in [0.1, 0.15) is 13.8 Å². The van der Waals surface area contributed by atoms with Gasteiger partial charge in [0.05, 0.1) is 0 Å². The van der Waals surface area contributed by atoms with Crippen molar-refractivity contribution in [2.24, 2.45) is 11.1 Å². The summed E-state index contributed by atoms with van der Waals surface area (Å²) in [6, 6.07) is 8.47. The van der Waals surface area contributed by atoms with E-state index in [2.05, 4.69) is 49.7 Å². The van der Waals surface area contributed by atoms with Gasteiger partial charge in [-0.15, -0.1) is 11.8 Å². The van der Waals surface area contributed by atoms with E-state index in [4.69, 9.17) is 5.73 Å². The maximum Gasteiger partial charge on any atom is 0.0341 e. The van der Waals surface area contributed by atoms with Gasteiger partial charge in [-0.2, -0.15) is 0 Å². The third-order valence-corrected chi connectivity index (χ3v) is 3.16. The Morgan fingerprint density at radius 2 is 1.87 bits per heavy atom. The van der Waals surface area contributed by atoms with Gasteiger partial charge >= 0.3 is 0 Å². The Balaban J connectivity index is 2.51. The van der Waals surface area contributed by atoms with Crippen LogP contribution < -0.4 is 11.1 Å². The lowest BCUT2D eigenvalue weighted by molar-refractivity contribution is 0.405. The highest BCUT2D eigenvalue weighted by atomic mass is 32.2. The van der Waals surface area contributed by atoms with E-state index in [-0.39, 0.29) is 5.41 Å². The van der Waals surface area contributed by atoms with Crippen LogP contribution in [0.15, 0.2) is 29.2 Å². The van der Waals surface area contributed by atoms with Crippen molar-refractivity contribution >= 4 is 17.4 Å². The molecule has 0 amide bonds. The van der Waals surface area contributed by atoms with Gasteiger partial charge in [-0.05, 0) is 42.5 Å². The lowest BCUT2D eigenvalue weighted by Crippen LogP contribution is -2.31. The van der Waals surface area contributed by atoms with Crippen LogP contribution in [-0.4, -0.2) is 19.3 Å². The third kappa shape index (κ3) is 4.14. The smallest absolute Gasteiger partial charge is 0.0341 e. The van der Waals surface area contributed by atoms with Gasteiger partial charge in [0.25, 0.3) is 0 Å². The SMILES string of the molecule is CSc1ccc(NCC(C)(C)CN)cc1. The molecule has 3 heteroatoms. The molecule has 0 aliphatic carbocycles. The maximum atomic E-state index is 5.67. The molecular formula is C12H20N2S. The first-order valence-electron chi connectivity index (χ1n) is 5.15. The molecule has 0 bridgehead atoms. The lowest BCUT2D eigenvalue weighted by Gasteiger charge is -2.23. The van der Waals surface area contributed by atoms with Crippen molar-refractivity contribution in [2.45, 2.75) is 18.7 Å². The molecule has 0 saturated heterocycles. The highest BCUT2D eigenvalue weighted by molar-refractivity contribution is 7.98. The third-order valence-electron chi connectivity index (χ3n) is 2.41. The molecule has 0 atom stereocenters. The number of hydrogen-bond acceptors (Lipinski definition) is 3. The first-order chi connectivity index (χ1) is 7.07. The number of rotatable bonds is 5. The van der Waals surface area contributed by atoms with E-state index in [1.807, 2.05) is 0 Å². The van der Waals surface area contributed by atoms with E-state index in [0.717, 1.165) is 12.2 Å². The minimum absolute atomic E-state index is 0.151. The van der Waals surface area contributed by atoms with Gasteiger partial charge in [0, 0.05) is 17.1 Å². The number of hydrogen-bond donors (Lipinski definition) is 2. The molecule has 0 saturated carbocycles. The van der Waals surface area contributed by atoms with Gasteiger partial charge in [0.15, 0.2) is 0 Å². The lowest BCUT2D eigenvalue weighted by atomic mass is 9.94. The Hall–Kier alpha value is -0.670. The van der Waals surface area contributed by atoms with Crippen molar-refractivity contribution < 1.29 is 0 Å². The maximum absolute atomic E-state index is 5.67. The van der Waals surface area contributed by atoms with Crippen molar-refractivity contribution in [3.05, 3.63) is 24.3 Å². The highest BCUT2D eigenvalue weighted by Gasteiger charge is 2.14. The van der Waals surface area contributed by atoms with Crippen molar-refractivity contribution in [3.8, 4) is 0 Å². The van der Waals surface area contributed by atoms with Crippen LogP contribution in [0.4, 0.5) is 5.69 Å². The molecule has 1 rings (SSSR count). The quantitative estimate of drug-likeness (QED) is 0.755. The topological polar surface area (TPSA) is 38.0 Å². The van der Waals surface area contributed by atoms with E-state index in [1.54, 1.807) is 11.8 Å². The summed E-state index contributed by atoms with van der Waals surface area (Å²) in [5, 5.41) is 3.40. The summed E-state index contributed by atoms with van der Waals surface area (Å²) >= 11 is 1.76. The zero-order chi connectivity index (χ0) is 11.3. The molecule has 0 spiro atoms. The Morgan fingerprint density at radius 3 is 2.33 bits per heavy atom. The van der Waals surface area contributed by atoms with Gasteiger partial charge in [-0.3, -0.25) is 0 Å². The van der Waals surface area contributed by atoms with E-state index in [0.29, 0.717) is 6.54 Å². The molecule has 0 radical (unpaired) electrons. The zero-order valence-electron chi connectivity index (χ0n) is 9.71. The second kappa shape index (κ2) is 5.42. The van der Waals surface area contributed by atoms with Crippen LogP contribution in [0.2, 0.25) is 0 Å². The van der Waals surface area contributed by atoms with Gasteiger partial charge in [-0.25, -0.2) is 0 Å². The minimum atomic E-state index is 0.151. The van der Waals surface area contributed by atoms with Gasteiger partial charge in [-0.1, -0.05) is 13.8 Å². The van der Waals surface area contributed by atoms with Crippen molar-refractivity contribution in [1.82, 2.24) is 0 Å². The van der Waals surface area contributed by atoms with Crippen molar-refractivity contribution in [1.29, 1.82) is 0 Å². The van der Waals surface area contributed by atoms with Gasteiger partial charge in [0.1, 0.15) is 0 Å². The molecule has 0 aliphatic rings. The largest absolute Gasteiger partial charge is 0.384 e. The summed E-state index contributed by atoms with van der Waals surface area (Å²) in [6.07, 6.45) is 2.08. The number of benzene rings is 1. The van der Waals surface area contributed by atoms with E-state index >= 15 is 0 Å². The molecule has 0 aliphatic heterocycles. The van der Waals surface area contributed by atoms with Gasteiger partial charge < -0.3 is 11.1 Å². The molecular weight excluding hydrogens is 204 g/mol. The average Bonchev–Trinajstić information content (AvgIpc) is 2.27. The van der Waals surface area contributed by atoms with E-state index in [1.165, 1.54) is 4.90 Å². The summed E-state index contributed by atoms with van der Waals surface area (Å²) in [6.45, 7) is 5.93. The van der Waals surface area contributed by atoms with Crippen LogP contribution in [0.3, 0.4) is 0 Å². The molecule has 2 nitrogen and oxygen atoms in total. The van der Waals surface area contributed by atoms with Crippen molar-refractivity contribution in [3.63, 3.8) is 0 Å². The number of thioether (sulfide) groups is 1. The van der Waals surface area contributed by atoms with Gasteiger partial charge in [0.2, 0.25) is 0 Å². The summed E-state index contributed by atoms with van der Waals surface area (Å²) < 4.78 is 0. The van der Waals surface area contributed by atoms with Crippen LogP contribution in [0.25, 0.3) is 0 Å². The number of nitrogens with one attached hydrogen (secondary N) is 1. The number of anilines is 1. The Labute approximate surface area is 96.6 Å². The van der Waals surface area contributed by atoms with Crippen LogP contribution in [0.5, 0.6) is 0 Å². The Bertz CT molecular complexity index is 293. The fourth-order valence-corrected chi connectivity index (χ4v) is 1.53. The van der Waals surface area contributed by atoms with E-state index < -0.39 is 0 Å². The fraction of sp³-hybridized carbons (Fsp3) is 0.500.